The highest BCUT2D eigenvalue weighted by Gasteiger charge is 2.17. The van der Waals surface area contributed by atoms with Gasteiger partial charge < -0.3 is 9.47 Å². The van der Waals surface area contributed by atoms with Crippen LogP contribution in [0.4, 0.5) is 0 Å². The van der Waals surface area contributed by atoms with Crippen LogP contribution in [0, 0.1) is 5.92 Å². The fourth-order valence-corrected chi connectivity index (χ4v) is 2.80. The molecule has 0 fully saturated rings. The van der Waals surface area contributed by atoms with Gasteiger partial charge in [0, 0.05) is 14.2 Å². The van der Waals surface area contributed by atoms with Crippen molar-refractivity contribution in [2.75, 3.05) is 14.2 Å². The number of hydrogen-bond acceptors (Lipinski definition) is 2. The van der Waals surface area contributed by atoms with Gasteiger partial charge in [-0.05, 0) is 29.9 Å². The largest absolute Gasteiger partial charge is 0.355 e. The second-order valence-electron chi connectivity index (χ2n) is 4.97. The van der Waals surface area contributed by atoms with Gasteiger partial charge in [0.2, 0.25) is 0 Å². The van der Waals surface area contributed by atoms with Gasteiger partial charge in [-0.25, -0.2) is 0 Å². The molecule has 0 saturated heterocycles. The zero-order valence-corrected chi connectivity index (χ0v) is 13.2. The van der Waals surface area contributed by atoms with Crippen LogP contribution in [-0.4, -0.2) is 25.3 Å². The Hall–Kier alpha value is -0.380. The van der Waals surface area contributed by atoms with Gasteiger partial charge >= 0.3 is 0 Å². The van der Waals surface area contributed by atoms with Crippen molar-refractivity contribution in [3.05, 3.63) is 35.4 Å². The summed E-state index contributed by atoms with van der Waals surface area (Å²) in [7, 11) is 3.32. The Labute approximate surface area is 119 Å². The molecule has 0 aliphatic carbocycles. The Bertz CT molecular complexity index is 331. The molecule has 0 aliphatic heterocycles. The van der Waals surface area contributed by atoms with E-state index in [4.69, 9.17) is 9.47 Å². The van der Waals surface area contributed by atoms with Crippen LogP contribution in [-0.2, 0) is 22.3 Å². The van der Waals surface area contributed by atoms with Crippen molar-refractivity contribution in [1.29, 1.82) is 0 Å². The predicted molar refractivity (Wildman–Crippen MR) is 79.2 cm³/mol. The highest BCUT2D eigenvalue weighted by molar-refractivity contribution is 9.09. The Morgan fingerprint density at radius 2 is 1.39 bits per heavy atom. The number of alkyl halides is 1. The lowest BCUT2D eigenvalue weighted by molar-refractivity contribution is -0.100. The summed E-state index contributed by atoms with van der Waals surface area (Å²) in [5.74, 6) is 0.700. The topological polar surface area (TPSA) is 18.5 Å². The lowest BCUT2D eigenvalue weighted by Crippen LogP contribution is -2.26. The molecule has 0 bridgehead atoms. The first-order valence-electron chi connectivity index (χ1n) is 6.34. The molecule has 0 aliphatic rings. The molecule has 0 amide bonds. The molecule has 18 heavy (non-hydrogen) atoms. The third-order valence-corrected chi connectivity index (χ3v) is 3.61. The summed E-state index contributed by atoms with van der Waals surface area (Å²) >= 11 is 3.61. The van der Waals surface area contributed by atoms with Crippen molar-refractivity contribution >= 4 is 15.9 Å². The van der Waals surface area contributed by atoms with Gasteiger partial charge in [-0.15, -0.1) is 0 Å². The molecule has 0 N–H and O–H groups in total. The van der Waals surface area contributed by atoms with Gasteiger partial charge in [-0.3, -0.25) is 0 Å². The molecule has 0 radical (unpaired) electrons. The van der Waals surface area contributed by atoms with E-state index >= 15 is 0 Å². The molecule has 102 valence electrons. The monoisotopic (exact) mass is 314 g/mol. The SMILES string of the molecule is COC(OC)C(Br)Cc1ccc(CC(C)C)cc1. The molecule has 0 heterocycles. The van der Waals surface area contributed by atoms with Crippen molar-refractivity contribution in [1.82, 2.24) is 0 Å². The van der Waals surface area contributed by atoms with E-state index in [0.29, 0.717) is 5.92 Å². The molecule has 3 heteroatoms. The van der Waals surface area contributed by atoms with Gasteiger partial charge in [0.25, 0.3) is 0 Å². The number of hydrogen-bond donors (Lipinski definition) is 0. The highest BCUT2D eigenvalue weighted by atomic mass is 79.9. The smallest absolute Gasteiger partial charge is 0.169 e. The molecular formula is C15H23BrO2. The normalized spacial score (nSPS) is 13.3. The van der Waals surface area contributed by atoms with E-state index in [1.165, 1.54) is 11.1 Å². The van der Waals surface area contributed by atoms with Crippen LogP contribution in [0.2, 0.25) is 0 Å². The maximum absolute atomic E-state index is 5.24. The summed E-state index contributed by atoms with van der Waals surface area (Å²) in [6.45, 7) is 4.48. The molecule has 1 atom stereocenters. The quantitative estimate of drug-likeness (QED) is 0.563. The molecular weight excluding hydrogens is 292 g/mol. The van der Waals surface area contributed by atoms with Crippen molar-refractivity contribution < 1.29 is 9.47 Å². The fraction of sp³-hybridized carbons (Fsp3) is 0.600. The second kappa shape index (κ2) is 7.93. The molecule has 1 aromatic carbocycles. The van der Waals surface area contributed by atoms with E-state index in [0.717, 1.165) is 12.8 Å². The Morgan fingerprint density at radius 3 is 1.78 bits per heavy atom. The minimum atomic E-state index is -0.208. The zero-order valence-electron chi connectivity index (χ0n) is 11.7. The Balaban J connectivity index is 2.57. The first-order valence-corrected chi connectivity index (χ1v) is 7.25. The summed E-state index contributed by atoms with van der Waals surface area (Å²) < 4.78 is 10.5. The molecule has 0 spiro atoms. The maximum Gasteiger partial charge on any atom is 0.169 e. The van der Waals surface area contributed by atoms with Gasteiger partial charge in [-0.2, -0.15) is 0 Å². The first-order chi connectivity index (χ1) is 8.56. The Morgan fingerprint density at radius 1 is 0.944 bits per heavy atom. The van der Waals surface area contributed by atoms with E-state index in [9.17, 15) is 0 Å². The van der Waals surface area contributed by atoms with Crippen molar-refractivity contribution in [2.45, 2.75) is 37.8 Å². The predicted octanol–water partition coefficient (Wildman–Crippen LogP) is 3.81. The van der Waals surface area contributed by atoms with Crippen LogP contribution >= 0.6 is 15.9 Å². The van der Waals surface area contributed by atoms with Gasteiger partial charge in [0.1, 0.15) is 0 Å². The second-order valence-corrected chi connectivity index (χ2v) is 6.15. The molecule has 1 rings (SSSR count). The van der Waals surface area contributed by atoms with Crippen LogP contribution in [0.1, 0.15) is 25.0 Å². The van der Waals surface area contributed by atoms with Crippen LogP contribution in [0.25, 0.3) is 0 Å². The zero-order chi connectivity index (χ0) is 13.5. The van der Waals surface area contributed by atoms with E-state index in [1.54, 1.807) is 14.2 Å². The Kier molecular flexibility index (Phi) is 6.90. The van der Waals surface area contributed by atoms with Crippen LogP contribution in [0.5, 0.6) is 0 Å². The van der Waals surface area contributed by atoms with Gasteiger partial charge in [0.15, 0.2) is 6.29 Å². The number of benzene rings is 1. The average Bonchev–Trinajstić information content (AvgIpc) is 2.32. The minimum absolute atomic E-state index is 0.170. The lowest BCUT2D eigenvalue weighted by Gasteiger charge is -2.19. The summed E-state index contributed by atoms with van der Waals surface area (Å²) in [6, 6.07) is 8.80. The van der Waals surface area contributed by atoms with E-state index in [1.807, 2.05) is 0 Å². The summed E-state index contributed by atoms with van der Waals surface area (Å²) in [5, 5.41) is 0. The number of ether oxygens (including phenoxy) is 2. The van der Waals surface area contributed by atoms with Crippen LogP contribution < -0.4 is 0 Å². The van der Waals surface area contributed by atoms with Crippen molar-refractivity contribution in [3.63, 3.8) is 0 Å². The molecule has 0 saturated carbocycles. The van der Waals surface area contributed by atoms with E-state index < -0.39 is 0 Å². The third kappa shape index (κ3) is 5.09. The van der Waals surface area contributed by atoms with Crippen molar-refractivity contribution in [2.24, 2.45) is 5.92 Å². The highest BCUT2D eigenvalue weighted by Crippen LogP contribution is 2.17. The van der Waals surface area contributed by atoms with Gasteiger partial charge in [0.05, 0.1) is 4.83 Å². The molecule has 2 nitrogen and oxygen atoms in total. The molecule has 0 aromatic heterocycles. The van der Waals surface area contributed by atoms with Gasteiger partial charge in [-0.1, -0.05) is 54.0 Å². The summed E-state index contributed by atoms with van der Waals surface area (Å²) in [4.78, 5) is 0.170. The fourth-order valence-electron chi connectivity index (χ4n) is 2.00. The third-order valence-electron chi connectivity index (χ3n) is 2.86. The van der Waals surface area contributed by atoms with E-state index in [2.05, 4.69) is 54.0 Å². The molecule has 1 unspecified atom stereocenters. The molecule has 1 aromatic rings. The summed E-state index contributed by atoms with van der Waals surface area (Å²) in [6.07, 6.45) is 1.82. The lowest BCUT2D eigenvalue weighted by atomic mass is 10.0. The van der Waals surface area contributed by atoms with Crippen LogP contribution in [0.15, 0.2) is 24.3 Å². The number of rotatable bonds is 7. The standard InChI is InChI=1S/C15H23BrO2/c1-11(2)9-12-5-7-13(8-6-12)10-14(16)15(17-3)18-4/h5-8,11,14-15H,9-10H2,1-4H3. The number of methoxy groups -OCH3 is 2. The minimum Gasteiger partial charge on any atom is -0.355 e. The number of halogens is 1. The van der Waals surface area contributed by atoms with E-state index in [-0.39, 0.29) is 11.1 Å². The average molecular weight is 315 g/mol. The van der Waals surface area contributed by atoms with Crippen molar-refractivity contribution in [3.8, 4) is 0 Å². The van der Waals surface area contributed by atoms with Crippen LogP contribution in [0.3, 0.4) is 0 Å². The first kappa shape index (κ1) is 15.7. The maximum atomic E-state index is 5.24. The summed E-state index contributed by atoms with van der Waals surface area (Å²) in [5.41, 5.74) is 2.69.